The second-order valence-electron chi connectivity index (χ2n) is 8.01. The van der Waals surface area contributed by atoms with E-state index in [1.807, 2.05) is 56.1 Å². The molecule has 1 aliphatic heterocycles. The second kappa shape index (κ2) is 7.60. The van der Waals surface area contributed by atoms with Crippen molar-refractivity contribution in [3.05, 3.63) is 64.0 Å². The third-order valence-corrected chi connectivity index (χ3v) is 5.70. The minimum Gasteiger partial charge on any atom is -0.354 e. The molecule has 0 aliphatic carbocycles. The zero-order chi connectivity index (χ0) is 22.4. The number of hydrogen-bond acceptors (Lipinski definition) is 8. The molecular formula is C23H23N7O2. The highest BCUT2D eigenvalue weighted by Crippen LogP contribution is 2.28. The smallest absolute Gasteiger partial charge is 0.294 e. The number of likely N-dealkylation sites (N-methyl/N-ethyl adjacent to an activating group) is 1. The number of fused-ring (bicyclic) bond motifs is 1. The number of nitrogens with one attached hydrogen (secondary N) is 1. The van der Waals surface area contributed by atoms with Crippen LogP contribution in [0.4, 0.5) is 11.6 Å². The third-order valence-electron chi connectivity index (χ3n) is 5.70. The third kappa shape index (κ3) is 3.41. The van der Waals surface area contributed by atoms with Gasteiger partial charge in [-0.15, -0.1) is 0 Å². The van der Waals surface area contributed by atoms with E-state index in [2.05, 4.69) is 25.4 Å². The number of amidine groups is 1. The van der Waals surface area contributed by atoms with Gasteiger partial charge in [-0.1, -0.05) is 6.07 Å². The standard InChI is InChI=1S/C23H23N7O2/c1-13-5-6-16(26-23-27-21(32-28-23)20-24-7-8-29(20)3)11-17(13)18-10-15-12-25-14(2)9-19(15)30(4)22(18)31/h5-6,9-12H,7-8H2,1-4H3,(H,26,28). The molecule has 0 radical (unpaired) electrons. The minimum absolute atomic E-state index is 0.0625. The Kier molecular flexibility index (Phi) is 4.73. The maximum atomic E-state index is 13.2. The minimum atomic E-state index is -0.0625. The fourth-order valence-corrected chi connectivity index (χ4v) is 3.91. The molecule has 9 nitrogen and oxygen atoms in total. The molecule has 1 N–H and O–H groups in total. The van der Waals surface area contributed by atoms with E-state index in [1.54, 1.807) is 17.8 Å². The van der Waals surface area contributed by atoms with Gasteiger partial charge in [-0.25, -0.2) is 0 Å². The topological polar surface area (TPSA) is 101 Å². The summed E-state index contributed by atoms with van der Waals surface area (Å²) in [6.45, 7) is 5.44. The molecule has 0 atom stereocenters. The summed E-state index contributed by atoms with van der Waals surface area (Å²) in [5.41, 5.74) is 4.86. The lowest BCUT2D eigenvalue weighted by Gasteiger charge is -2.12. The molecule has 0 saturated carbocycles. The number of anilines is 2. The lowest BCUT2D eigenvalue weighted by Crippen LogP contribution is -2.23. The Bertz CT molecular complexity index is 1430. The van der Waals surface area contributed by atoms with Gasteiger partial charge in [0.15, 0.2) is 5.84 Å². The average Bonchev–Trinajstić information content (AvgIpc) is 3.41. The molecule has 9 heteroatoms. The normalized spacial score (nSPS) is 13.6. The van der Waals surface area contributed by atoms with Crippen LogP contribution in [0.5, 0.6) is 0 Å². The number of nitrogens with zero attached hydrogens (tertiary/aromatic N) is 6. The van der Waals surface area contributed by atoms with Crippen LogP contribution in [-0.2, 0) is 7.05 Å². The van der Waals surface area contributed by atoms with Crippen LogP contribution in [0.15, 0.2) is 50.8 Å². The fourth-order valence-electron chi connectivity index (χ4n) is 3.91. The maximum absolute atomic E-state index is 13.2. The van der Waals surface area contributed by atoms with Gasteiger partial charge < -0.3 is 19.3 Å². The van der Waals surface area contributed by atoms with Gasteiger partial charge in [-0.3, -0.25) is 14.8 Å². The maximum Gasteiger partial charge on any atom is 0.294 e. The molecule has 4 aromatic rings. The molecule has 1 aromatic carbocycles. The average molecular weight is 429 g/mol. The van der Waals surface area contributed by atoms with Crippen molar-refractivity contribution in [1.29, 1.82) is 0 Å². The molecule has 32 heavy (non-hydrogen) atoms. The molecular weight excluding hydrogens is 406 g/mol. The van der Waals surface area contributed by atoms with Gasteiger partial charge in [-0.05, 0) is 54.4 Å². The van der Waals surface area contributed by atoms with E-state index in [1.165, 1.54) is 0 Å². The lowest BCUT2D eigenvalue weighted by atomic mass is 9.99. The largest absolute Gasteiger partial charge is 0.354 e. The number of aromatic nitrogens is 4. The molecule has 162 valence electrons. The number of rotatable bonds is 4. The van der Waals surface area contributed by atoms with Gasteiger partial charge in [0.2, 0.25) is 0 Å². The molecule has 0 fully saturated rings. The predicted octanol–water partition coefficient (Wildman–Crippen LogP) is 3.04. The molecule has 0 bridgehead atoms. The fraction of sp³-hybridized carbons (Fsp3) is 0.261. The molecule has 3 aromatic heterocycles. The van der Waals surface area contributed by atoms with Crippen molar-refractivity contribution in [2.75, 3.05) is 25.5 Å². The Balaban J connectivity index is 1.51. The van der Waals surface area contributed by atoms with E-state index in [-0.39, 0.29) is 5.56 Å². The van der Waals surface area contributed by atoms with Gasteiger partial charge >= 0.3 is 0 Å². The van der Waals surface area contributed by atoms with Gasteiger partial charge in [0, 0.05) is 49.2 Å². The number of benzene rings is 1. The van der Waals surface area contributed by atoms with Crippen LogP contribution in [0.1, 0.15) is 17.1 Å². The Morgan fingerprint density at radius 3 is 2.72 bits per heavy atom. The summed E-state index contributed by atoms with van der Waals surface area (Å²) < 4.78 is 7.04. The van der Waals surface area contributed by atoms with Gasteiger partial charge in [-0.2, -0.15) is 4.98 Å². The van der Waals surface area contributed by atoms with Crippen molar-refractivity contribution in [2.24, 2.45) is 12.0 Å². The van der Waals surface area contributed by atoms with Crippen LogP contribution < -0.4 is 10.9 Å². The van der Waals surface area contributed by atoms with E-state index in [9.17, 15) is 4.79 Å². The summed E-state index contributed by atoms with van der Waals surface area (Å²) in [4.78, 5) is 28.3. The van der Waals surface area contributed by atoms with Crippen LogP contribution in [0, 0.1) is 13.8 Å². The number of aliphatic imine (C=N–C) groups is 1. The van der Waals surface area contributed by atoms with Crippen LogP contribution in [0.3, 0.4) is 0 Å². The van der Waals surface area contributed by atoms with E-state index in [4.69, 9.17) is 4.52 Å². The molecule has 4 heterocycles. The first-order valence-electron chi connectivity index (χ1n) is 10.3. The van der Waals surface area contributed by atoms with Gasteiger partial charge in [0.05, 0.1) is 12.1 Å². The monoisotopic (exact) mass is 429 g/mol. The summed E-state index contributed by atoms with van der Waals surface area (Å²) in [6, 6.07) is 9.63. The summed E-state index contributed by atoms with van der Waals surface area (Å²) in [5, 5.41) is 8.10. The number of pyridine rings is 2. The molecule has 5 rings (SSSR count). The summed E-state index contributed by atoms with van der Waals surface area (Å²) in [6.07, 6.45) is 1.80. The summed E-state index contributed by atoms with van der Waals surface area (Å²) in [7, 11) is 3.73. The molecule has 0 amide bonds. The first-order valence-corrected chi connectivity index (χ1v) is 10.3. The van der Waals surface area contributed by atoms with Gasteiger partial charge in [0.1, 0.15) is 0 Å². The number of hydrogen-bond donors (Lipinski definition) is 1. The predicted molar refractivity (Wildman–Crippen MR) is 124 cm³/mol. The van der Waals surface area contributed by atoms with E-state index < -0.39 is 0 Å². The van der Waals surface area contributed by atoms with Crippen LogP contribution in [0.25, 0.3) is 22.0 Å². The molecule has 0 unspecified atom stereocenters. The Labute approximate surface area is 184 Å². The van der Waals surface area contributed by atoms with E-state index in [0.29, 0.717) is 29.8 Å². The quantitative estimate of drug-likeness (QED) is 0.532. The highest BCUT2D eigenvalue weighted by Gasteiger charge is 2.21. The van der Waals surface area contributed by atoms with Crippen molar-refractivity contribution < 1.29 is 4.52 Å². The summed E-state index contributed by atoms with van der Waals surface area (Å²) in [5.74, 6) is 1.41. The van der Waals surface area contributed by atoms with E-state index >= 15 is 0 Å². The Morgan fingerprint density at radius 2 is 1.94 bits per heavy atom. The first kappa shape index (κ1) is 19.9. The van der Waals surface area contributed by atoms with Crippen LogP contribution in [0.2, 0.25) is 0 Å². The zero-order valence-electron chi connectivity index (χ0n) is 18.4. The van der Waals surface area contributed by atoms with Gasteiger partial charge in [0.25, 0.3) is 17.4 Å². The lowest BCUT2D eigenvalue weighted by molar-refractivity contribution is 0.402. The van der Waals surface area contributed by atoms with Crippen molar-refractivity contribution in [3.63, 3.8) is 0 Å². The summed E-state index contributed by atoms with van der Waals surface area (Å²) >= 11 is 0. The SMILES string of the molecule is Cc1cc2c(cn1)cc(-c1cc(Nc3noc(C4=NCCN4C)n3)ccc1C)c(=O)n2C. The Hall–Kier alpha value is -4.01. The van der Waals surface area contributed by atoms with Crippen molar-refractivity contribution in [3.8, 4) is 11.1 Å². The first-order chi connectivity index (χ1) is 15.4. The van der Waals surface area contributed by atoms with Crippen molar-refractivity contribution in [1.82, 2.24) is 24.6 Å². The van der Waals surface area contributed by atoms with Crippen molar-refractivity contribution >= 4 is 28.4 Å². The Morgan fingerprint density at radius 1 is 1.09 bits per heavy atom. The van der Waals surface area contributed by atoms with Crippen LogP contribution in [-0.4, -0.2) is 50.6 Å². The number of aryl methyl sites for hydroxylation is 3. The van der Waals surface area contributed by atoms with E-state index in [0.717, 1.165) is 40.0 Å². The molecule has 0 spiro atoms. The molecule has 0 saturated heterocycles. The zero-order valence-corrected chi connectivity index (χ0v) is 18.4. The highest BCUT2D eigenvalue weighted by molar-refractivity contribution is 5.95. The molecule has 1 aliphatic rings. The van der Waals surface area contributed by atoms with Crippen LogP contribution >= 0.6 is 0 Å². The highest BCUT2D eigenvalue weighted by atomic mass is 16.5. The second-order valence-corrected chi connectivity index (χ2v) is 8.01. The van der Waals surface area contributed by atoms with Crippen molar-refractivity contribution in [2.45, 2.75) is 13.8 Å².